The van der Waals surface area contributed by atoms with Crippen LogP contribution in [0.4, 0.5) is 0 Å². The van der Waals surface area contributed by atoms with Crippen molar-refractivity contribution in [3.8, 4) is 11.5 Å². The molecule has 0 amide bonds. The molecule has 0 aliphatic carbocycles. The summed E-state index contributed by atoms with van der Waals surface area (Å²) in [6.45, 7) is 1.20. The molecule has 0 atom stereocenters. The second-order valence-corrected chi connectivity index (χ2v) is 5.43. The number of fused-ring (bicyclic) bond motifs is 1. The van der Waals surface area contributed by atoms with E-state index in [4.69, 9.17) is 14.2 Å². The van der Waals surface area contributed by atoms with E-state index in [1.165, 1.54) is 0 Å². The molecule has 3 rings (SSSR count). The summed E-state index contributed by atoms with van der Waals surface area (Å²) in [4.78, 5) is 24.0. The van der Waals surface area contributed by atoms with E-state index in [9.17, 15) is 9.59 Å². The van der Waals surface area contributed by atoms with Crippen LogP contribution < -0.4 is 9.47 Å². The van der Waals surface area contributed by atoms with E-state index in [1.54, 1.807) is 18.2 Å². The summed E-state index contributed by atoms with van der Waals surface area (Å²) in [5.41, 5.74) is 1.43. The van der Waals surface area contributed by atoms with Gasteiger partial charge in [-0.05, 0) is 23.8 Å². The summed E-state index contributed by atoms with van der Waals surface area (Å²) in [6, 6.07) is 14.5. The fourth-order valence-corrected chi connectivity index (χ4v) is 2.39. The largest absolute Gasteiger partial charge is 0.486 e. The molecular formula is C19H18O5. The third-order valence-electron chi connectivity index (χ3n) is 3.66. The van der Waals surface area contributed by atoms with Crippen LogP contribution in [0.1, 0.15) is 28.8 Å². The van der Waals surface area contributed by atoms with Gasteiger partial charge in [-0.15, -0.1) is 0 Å². The number of ether oxygens (including phenoxy) is 3. The lowest BCUT2D eigenvalue weighted by Crippen LogP contribution is -2.16. The number of hydrogen-bond donors (Lipinski definition) is 0. The number of benzene rings is 2. The Hall–Kier alpha value is -2.82. The molecular weight excluding hydrogens is 308 g/mol. The summed E-state index contributed by atoms with van der Waals surface area (Å²) in [5.74, 6) is 0.701. The van der Waals surface area contributed by atoms with Gasteiger partial charge in [-0.2, -0.15) is 0 Å². The maximum Gasteiger partial charge on any atom is 0.306 e. The Morgan fingerprint density at radius 3 is 2.46 bits per heavy atom. The van der Waals surface area contributed by atoms with E-state index in [1.807, 2.05) is 30.3 Å². The normalized spacial score (nSPS) is 12.5. The average molecular weight is 326 g/mol. The second kappa shape index (κ2) is 7.64. The van der Waals surface area contributed by atoms with E-state index in [0.29, 0.717) is 30.3 Å². The van der Waals surface area contributed by atoms with Crippen molar-refractivity contribution >= 4 is 11.8 Å². The highest BCUT2D eigenvalue weighted by Gasteiger charge is 2.16. The zero-order valence-electron chi connectivity index (χ0n) is 13.2. The molecule has 0 bridgehead atoms. The van der Waals surface area contributed by atoms with Gasteiger partial charge in [0, 0.05) is 12.0 Å². The molecule has 0 spiro atoms. The van der Waals surface area contributed by atoms with Crippen molar-refractivity contribution in [3.63, 3.8) is 0 Å². The number of carbonyl (C=O) groups excluding carboxylic acids is 2. The van der Waals surface area contributed by atoms with Crippen LogP contribution in [0.25, 0.3) is 0 Å². The highest BCUT2D eigenvalue weighted by atomic mass is 16.6. The van der Waals surface area contributed by atoms with Crippen molar-refractivity contribution in [2.24, 2.45) is 0 Å². The first kappa shape index (κ1) is 16.1. The molecule has 5 nitrogen and oxygen atoms in total. The van der Waals surface area contributed by atoms with Crippen LogP contribution in [0.3, 0.4) is 0 Å². The number of hydrogen-bond acceptors (Lipinski definition) is 5. The summed E-state index contributed by atoms with van der Waals surface area (Å²) in [6.07, 6.45) is 0.160. The number of esters is 1. The standard InChI is InChI=1S/C19H18O5/c20-16(15-6-8-17-18(12-15)23-11-10-22-17)7-9-19(21)24-13-14-4-2-1-3-5-14/h1-6,8,12H,7,9-11,13H2. The number of rotatable bonds is 6. The number of carbonyl (C=O) groups is 2. The van der Waals surface area contributed by atoms with E-state index in [0.717, 1.165) is 5.56 Å². The molecule has 0 N–H and O–H groups in total. The molecule has 1 heterocycles. The van der Waals surface area contributed by atoms with Crippen LogP contribution in [-0.4, -0.2) is 25.0 Å². The molecule has 1 aliphatic rings. The van der Waals surface area contributed by atoms with Gasteiger partial charge >= 0.3 is 5.97 Å². The number of Topliss-reactive ketones (excluding diaryl/α,β-unsaturated/α-hetero) is 1. The zero-order valence-corrected chi connectivity index (χ0v) is 13.2. The molecule has 2 aromatic carbocycles. The van der Waals surface area contributed by atoms with Gasteiger partial charge in [0.15, 0.2) is 17.3 Å². The van der Waals surface area contributed by atoms with Crippen LogP contribution in [0.2, 0.25) is 0 Å². The van der Waals surface area contributed by atoms with E-state index < -0.39 is 0 Å². The fraction of sp³-hybridized carbons (Fsp3) is 0.263. The van der Waals surface area contributed by atoms with Crippen molar-refractivity contribution in [3.05, 3.63) is 59.7 Å². The highest BCUT2D eigenvalue weighted by Crippen LogP contribution is 2.31. The van der Waals surface area contributed by atoms with Gasteiger partial charge in [-0.3, -0.25) is 9.59 Å². The third-order valence-corrected chi connectivity index (χ3v) is 3.66. The maximum absolute atomic E-state index is 12.2. The topological polar surface area (TPSA) is 61.8 Å². The average Bonchev–Trinajstić information content (AvgIpc) is 2.65. The molecule has 0 fully saturated rings. The predicted molar refractivity (Wildman–Crippen MR) is 87.2 cm³/mol. The Balaban J connectivity index is 1.49. The van der Waals surface area contributed by atoms with E-state index >= 15 is 0 Å². The van der Waals surface area contributed by atoms with E-state index in [2.05, 4.69) is 0 Å². The molecule has 0 aromatic heterocycles. The van der Waals surface area contributed by atoms with E-state index in [-0.39, 0.29) is 31.2 Å². The van der Waals surface area contributed by atoms with Gasteiger partial charge in [-0.1, -0.05) is 30.3 Å². The SMILES string of the molecule is O=C(CCC(=O)c1ccc2c(c1)OCCO2)OCc1ccccc1. The van der Waals surface area contributed by atoms with Gasteiger partial charge < -0.3 is 14.2 Å². The van der Waals surface area contributed by atoms with Gasteiger partial charge in [0.25, 0.3) is 0 Å². The van der Waals surface area contributed by atoms with Crippen molar-refractivity contribution in [2.45, 2.75) is 19.4 Å². The van der Waals surface area contributed by atoms with Gasteiger partial charge in [0.05, 0.1) is 6.42 Å². The zero-order chi connectivity index (χ0) is 16.8. The minimum atomic E-state index is -0.384. The molecule has 0 saturated heterocycles. The lowest BCUT2D eigenvalue weighted by atomic mass is 10.1. The first-order chi connectivity index (χ1) is 11.7. The van der Waals surface area contributed by atoms with Crippen molar-refractivity contribution in [2.75, 3.05) is 13.2 Å². The maximum atomic E-state index is 12.2. The summed E-state index contributed by atoms with van der Waals surface area (Å²) >= 11 is 0. The molecule has 1 aliphatic heterocycles. The molecule has 124 valence electrons. The quantitative estimate of drug-likeness (QED) is 0.603. The molecule has 5 heteroatoms. The van der Waals surface area contributed by atoms with Crippen LogP contribution in [0.5, 0.6) is 11.5 Å². The van der Waals surface area contributed by atoms with Crippen LogP contribution in [-0.2, 0) is 16.1 Å². The summed E-state index contributed by atoms with van der Waals surface area (Å²) in [7, 11) is 0. The summed E-state index contributed by atoms with van der Waals surface area (Å²) < 4.78 is 16.0. The van der Waals surface area contributed by atoms with Crippen LogP contribution in [0, 0.1) is 0 Å². The minimum absolute atomic E-state index is 0.0557. The van der Waals surface area contributed by atoms with Gasteiger partial charge in [0.1, 0.15) is 19.8 Å². The summed E-state index contributed by atoms with van der Waals surface area (Å²) in [5, 5.41) is 0. The molecule has 0 radical (unpaired) electrons. The first-order valence-electron chi connectivity index (χ1n) is 7.85. The van der Waals surface area contributed by atoms with Crippen LogP contribution >= 0.6 is 0 Å². The Bertz CT molecular complexity index is 724. The van der Waals surface area contributed by atoms with Crippen molar-refractivity contribution in [1.29, 1.82) is 0 Å². The first-order valence-corrected chi connectivity index (χ1v) is 7.85. The number of ketones is 1. The Labute approximate surface area is 140 Å². The van der Waals surface area contributed by atoms with Gasteiger partial charge in [-0.25, -0.2) is 0 Å². The third kappa shape index (κ3) is 4.13. The highest BCUT2D eigenvalue weighted by molar-refractivity contribution is 5.98. The van der Waals surface area contributed by atoms with Crippen LogP contribution in [0.15, 0.2) is 48.5 Å². The predicted octanol–water partition coefficient (Wildman–Crippen LogP) is 3.16. The van der Waals surface area contributed by atoms with Crippen molar-refractivity contribution < 1.29 is 23.8 Å². The molecule has 24 heavy (non-hydrogen) atoms. The van der Waals surface area contributed by atoms with Gasteiger partial charge in [0.2, 0.25) is 0 Å². The lowest BCUT2D eigenvalue weighted by Gasteiger charge is -2.18. The molecule has 0 unspecified atom stereocenters. The van der Waals surface area contributed by atoms with Crippen molar-refractivity contribution in [1.82, 2.24) is 0 Å². The minimum Gasteiger partial charge on any atom is -0.486 e. The monoisotopic (exact) mass is 326 g/mol. The lowest BCUT2D eigenvalue weighted by molar-refractivity contribution is -0.144. The Kier molecular flexibility index (Phi) is 5.11. The fourth-order valence-electron chi connectivity index (χ4n) is 2.39. The molecule has 2 aromatic rings. The smallest absolute Gasteiger partial charge is 0.306 e. The Morgan fingerprint density at radius 1 is 0.917 bits per heavy atom. The second-order valence-electron chi connectivity index (χ2n) is 5.43. The Morgan fingerprint density at radius 2 is 1.67 bits per heavy atom. The molecule has 0 saturated carbocycles.